The fourth-order valence-electron chi connectivity index (χ4n) is 2.61. The van der Waals surface area contributed by atoms with Crippen molar-refractivity contribution in [2.24, 2.45) is 0 Å². The lowest BCUT2D eigenvalue weighted by Crippen LogP contribution is -2.35. The zero-order valence-electron chi connectivity index (χ0n) is 12.8. The number of fused-ring (bicyclic) bond motifs is 1. The number of H-pyrrole nitrogens is 1. The Morgan fingerprint density at radius 1 is 1.35 bits per heavy atom. The molecular weight excluding hydrogens is 360 g/mol. The number of aryl methyl sites for hydroxylation is 1. The third-order valence-electron chi connectivity index (χ3n) is 3.81. The van der Waals surface area contributed by atoms with Gasteiger partial charge in [-0.2, -0.15) is 0 Å². The molecule has 7 heteroatoms. The average molecular weight is 376 g/mol. The van der Waals surface area contributed by atoms with Crippen LogP contribution in [-0.4, -0.2) is 20.7 Å². The maximum Gasteiger partial charge on any atom is 0.331 e. The molecule has 2 heterocycles. The van der Waals surface area contributed by atoms with Crippen molar-refractivity contribution in [3.05, 3.63) is 62.1 Å². The molecule has 1 aromatic carbocycles. The summed E-state index contributed by atoms with van der Waals surface area (Å²) in [5.41, 5.74) is 2.39. The first kappa shape index (κ1) is 15.6. The van der Waals surface area contributed by atoms with Crippen LogP contribution >= 0.6 is 15.9 Å². The lowest BCUT2D eigenvalue weighted by atomic mass is 10.1. The number of Topliss-reactive ketones (excluding diaryl/α,β-unsaturated/α-hetero) is 1. The van der Waals surface area contributed by atoms with Crippen LogP contribution in [0, 0.1) is 6.92 Å². The Hall–Kier alpha value is -2.28. The summed E-state index contributed by atoms with van der Waals surface area (Å²) < 4.78 is 3.92. The van der Waals surface area contributed by atoms with Gasteiger partial charge < -0.3 is 0 Å². The summed E-state index contributed by atoms with van der Waals surface area (Å²) >= 11 is 3.34. The number of aromatic amines is 1. The summed E-state index contributed by atoms with van der Waals surface area (Å²) in [7, 11) is 0. The van der Waals surface area contributed by atoms with Gasteiger partial charge in [0.05, 0.1) is 0 Å². The maximum atomic E-state index is 12.6. The van der Waals surface area contributed by atoms with Gasteiger partial charge in [-0.15, -0.1) is 4.52 Å². The summed E-state index contributed by atoms with van der Waals surface area (Å²) in [6.07, 6.45) is 2.14. The number of rotatable bonds is 4. The van der Waals surface area contributed by atoms with E-state index in [2.05, 4.69) is 26.1 Å². The van der Waals surface area contributed by atoms with Gasteiger partial charge in [0, 0.05) is 26.4 Å². The Kier molecular flexibility index (Phi) is 4.12. The SMILES string of the molecule is CCc1c(C)[nH][n+]2cnn(CC(=O)c3ccc(Br)cc3)c2c1=O. The number of aromatic nitrogens is 4. The smallest absolute Gasteiger partial charge is 0.290 e. The van der Waals surface area contributed by atoms with Crippen molar-refractivity contribution in [1.82, 2.24) is 14.9 Å². The monoisotopic (exact) mass is 375 g/mol. The van der Waals surface area contributed by atoms with Crippen LogP contribution < -0.4 is 9.94 Å². The van der Waals surface area contributed by atoms with Gasteiger partial charge in [0.25, 0.3) is 11.8 Å². The summed E-state index contributed by atoms with van der Waals surface area (Å²) in [5, 5.41) is 7.28. The number of benzene rings is 1. The van der Waals surface area contributed by atoms with Crippen molar-refractivity contribution < 1.29 is 9.31 Å². The lowest BCUT2D eigenvalue weighted by molar-refractivity contribution is -0.582. The highest BCUT2D eigenvalue weighted by Crippen LogP contribution is 2.11. The van der Waals surface area contributed by atoms with Crippen LogP contribution in [0.4, 0.5) is 0 Å². The second-order valence-electron chi connectivity index (χ2n) is 5.31. The van der Waals surface area contributed by atoms with E-state index in [4.69, 9.17) is 0 Å². The topological polar surface area (TPSA) is 71.8 Å². The van der Waals surface area contributed by atoms with E-state index >= 15 is 0 Å². The molecule has 0 spiro atoms. The molecule has 3 aromatic rings. The van der Waals surface area contributed by atoms with Crippen molar-refractivity contribution >= 4 is 27.4 Å². The molecule has 0 atom stereocenters. The van der Waals surface area contributed by atoms with E-state index in [9.17, 15) is 9.59 Å². The Balaban J connectivity index is 2.02. The summed E-state index contributed by atoms with van der Waals surface area (Å²) in [6, 6.07) is 7.12. The number of hydrogen-bond acceptors (Lipinski definition) is 3. The van der Waals surface area contributed by atoms with E-state index in [1.54, 1.807) is 16.6 Å². The van der Waals surface area contributed by atoms with Crippen LogP contribution in [0.2, 0.25) is 0 Å². The molecule has 118 valence electrons. The molecule has 1 N–H and O–H groups in total. The molecule has 0 saturated carbocycles. The van der Waals surface area contributed by atoms with Gasteiger partial charge in [0.2, 0.25) is 0 Å². The van der Waals surface area contributed by atoms with Crippen molar-refractivity contribution in [2.45, 2.75) is 26.8 Å². The van der Waals surface area contributed by atoms with Gasteiger partial charge >= 0.3 is 5.65 Å². The highest BCUT2D eigenvalue weighted by Gasteiger charge is 2.22. The van der Waals surface area contributed by atoms with E-state index in [0.717, 1.165) is 10.2 Å². The molecule has 0 radical (unpaired) electrons. The average Bonchev–Trinajstić information content (AvgIpc) is 2.91. The molecule has 0 aliphatic carbocycles. The van der Waals surface area contributed by atoms with Gasteiger partial charge in [0.15, 0.2) is 12.3 Å². The number of nitrogens with one attached hydrogen (secondary N) is 1. The fourth-order valence-corrected chi connectivity index (χ4v) is 2.88. The summed E-state index contributed by atoms with van der Waals surface area (Å²) in [6.45, 7) is 3.81. The molecule has 23 heavy (non-hydrogen) atoms. The number of halogens is 1. The van der Waals surface area contributed by atoms with E-state index in [0.29, 0.717) is 23.2 Å². The largest absolute Gasteiger partial charge is 0.331 e. The molecule has 0 bridgehead atoms. The molecule has 3 rings (SSSR count). The number of nitrogens with zero attached hydrogens (tertiary/aromatic N) is 3. The lowest BCUT2D eigenvalue weighted by Gasteiger charge is -2.01. The molecule has 6 nitrogen and oxygen atoms in total. The summed E-state index contributed by atoms with van der Waals surface area (Å²) in [5.74, 6) is -0.0962. The minimum atomic E-state index is -0.0962. The van der Waals surface area contributed by atoms with Gasteiger partial charge in [-0.1, -0.05) is 39.7 Å². The first-order chi connectivity index (χ1) is 11.0. The first-order valence-corrected chi connectivity index (χ1v) is 8.08. The van der Waals surface area contributed by atoms with Gasteiger partial charge in [-0.25, -0.2) is 5.10 Å². The van der Waals surface area contributed by atoms with Crippen LogP contribution in [0.15, 0.2) is 39.9 Å². The molecule has 0 aliphatic rings. The van der Waals surface area contributed by atoms with Crippen LogP contribution in [0.25, 0.3) is 5.65 Å². The highest BCUT2D eigenvalue weighted by molar-refractivity contribution is 9.10. The van der Waals surface area contributed by atoms with Crippen LogP contribution in [0.5, 0.6) is 0 Å². The third-order valence-corrected chi connectivity index (χ3v) is 4.34. The predicted molar refractivity (Wildman–Crippen MR) is 88.6 cm³/mol. The minimum absolute atomic E-state index is 0.0213. The number of carbonyl (C=O) groups is 1. The molecule has 2 aromatic heterocycles. The van der Waals surface area contributed by atoms with E-state index < -0.39 is 0 Å². The van der Waals surface area contributed by atoms with Gasteiger partial charge in [-0.05, 0) is 25.5 Å². The molecular formula is C16H16BrN4O2+. The third kappa shape index (κ3) is 2.84. The van der Waals surface area contributed by atoms with Crippen molar-refractivity contribution in [3.8, 4) is 0 Å². The molecule has 0 aliphatic heterocycles. The number of ketones is 1. The summed E-state index contributed by atoms with van der Waals surface area (Å²) in [4.78, 5) is 25.0. The zero-order chi connectivity index (χ0) is 16.6. The number of hydrogen-bond donors (Lipinski definition) is 1. The van der Waals surface area contributed by atoms with Crippen LogP contribution in [0.3, 0.4) is 0 Å². The Bertz CT molecular complexity index is 941. The molecule has 0 unspecified atom stereocenters. The van der Waals surface area contributed by atoms with E-state index in [1.165, 1.54) is 11.0 Å². The van der Waals surface area contributed by atoms with Crippen molar-refractivity contribution in [2.75, 3.05) is 0 Å². The molecule has 0 saturated heterocycles. The predicted octanol–water partition coefficient (Wildman–Crippen LogP) is 1.83. The Labute approximate surface area is 140 Å². The standard InChI is InChI=1S/C16H15BrN4O2/c1-3-13-10(2)19-21-9-18-20(16(21)15(13)23)8-14(22)11-4-6-12(17)7-5-11/h4-7,9H,3,8H2,1-2H3/p+1. The zero-order valence-corrected chi connectivity index (χ0v) is 14.4. The highest BCUT2D eigenvalue weighted by atomic mass is 79.9. The Morgan fingerprint density at radius 3 is 2.70 bits per heavy atom. The minimum Gasteiger partial charge on any atom is -0.290 e. The van der Waals surface area contributed by atoms with E-state index in [-0.39, 0.29) is 17.8 Å². The maximum absolute atomic E-state index is 12.6. The van der Waals surface area contributed by atoms with Crippen molar-refractivity contribution in [1.29, 1.82) is 0 Å². The second kappa shape index (κ2) is 6.08. The quantitative estimate of drug-likeness (QED) is 0.558. The molecule has 0 fully saturated rings. The normalized spacial score (nSPS) is 11.1. The number of carbonyl (C=O) groups excluding carboxylic acids is 1. The van der Waals surface area contributed by atoms with Crippen LogP contribution in [0.1, 0.15) is 28.5 Å². The Morgan fingerprint density at radius 2 is 2.04 bits per heavy atom. The van der Waals surface area contributed by atoms with Crippen molar-refractivity contribution in [3.63, 3.8) is 0 Å². The fraction of sp³-hybridized carbons (Fsp3) is 0.250. The van der Waals surface area contributed by atoms with E-state index in [1.807, 2.05) is 26.0 Å². The van der Waals surface area contributed by atoms with Crippen LogP contribution in [-0.2, 0) is 13.0 Å². The first-order valence-electron chi connectivity index (χ1n) is 7.29. The van der Waals surface area contributed by atoms with Gasteiger partial charge in [0.1, 0.15) is 0 Å². The molecule has 0 amide bonds. The second-order valence-corrected chi connectivity index (χ2v) is 6.23. The van der Waals surface area contributed by atoms with Gasteiger partial charge in [-0.3, -0.25) is 9.59 Å².